The largest absolute Gasteiger partial charge is 0.374 e. The van der Waals surface area contributed by atoms with Crippen molar-refractivity contribution in [2.24, 2.45) is 0 Å². The van der Waals surface area contributed by atoms with E-state index in [0.29, 0.717) is 6.10 Å². The SMILES string of the molecule is CN(C)CCCc1ccc(COC2CCCC2)cc1. The first-order chi connectivity index (χ1) is 9.24. The number of rotatable bonds is 7. The van der Waals surface area contributed by atoms with Crippen LogP contribution in [-0.2, 0) is 17.8 Å². The predicted octanol–water partition coefficient (Wildman–Crippen LogP) is 3.64. The second-order valence-corrected chi connectivity index (χ2v) is 5.94. The van der Waals surface area contributed by atoms with Crippen LogP contribution in [0.2, 0.25) is 0 Å². The molecule has 106 valence electrons. The van der Waals surface area contributed by atoms with E-state index in [-0.39, 0.29) is 0 Å². The van der Waals surface area contributed by atoms with Crippen LogP contribution < -0.4 is 0 Å². The number of nitrogens with zero attached hydrogens (tertiary/aromatic N) is 1. The molecule has 0 radical (unpaired) electrons. The highest BCUT2D eigenvalue weighted by atomic mass is 16.5. The molecule has 2 heteroatoms. The van der Waals surface area contributed by atoms with Crippen molar-refractivity contribution < 1.29 is 4.74 Å². The van der Waals surface area contributed by atoms with Gasteiger partial charge in [0, 0.05) is 0 Å². The summed E-state index contributed by atoms with van der Waals surface area (Å²) in [5.74, 6) is 0. The Morgan fingerprint density at radius 1 is 1.05 bits per heavy atom. The fourth-order valence-electron chi connectivity index (χ4n) is 2.67. The second kappa shape index (κ2) is 7.66. The fourth-order valence-corrected chi connectivity index (χ4v) is 2.67. The molecule has 1 fully saturated rings. The second-order valence-electron chi connectivity index (χ2n) is 5.94. The first kappa shape index (κ1) is 14.5. The maximum absolute atomic E-state index is 5.93. The van der Waals surface area contributed by atoms with Crippen molar-refractivity contribution in [2.75, 3.05) is 20.6 Å². The molecule has 2 nitrogen and oxygen atoms in total. The molecule has 1 saturated carbocycles. The molecule has 1 aromatic carbocycles. The molecule has 0 unspecified atom stereocenters. The van der Waals surface area contributed by atoms with Gasteiger partial charge in [-0.15, -0.1) is 0 Å². The topological polar surface area (TPSA) is 12.5 Å². The maximum atomic E-state index is 5.93. The summed E-state index contributed by atoms with van der Waals surface area (Å²) in [5.41, 5.74) is 2.75. The van der Waals surface area contributed by atoms with Gasteiger partial charge in [-0.1, -0.05) is 37.1 Å². The minimum atomic E-state index is 0.514. The molecular weight excluding hydrogens is 234 g/mol. The molecular formula is C17H27NO. The van der Waals surface area contributed by atoms with Gasteiger partial charge in [-0.25, -0.2) is 0 Å². The first-order valence-corrected chi connectivity index (χ1v) is 7.58. The van der Waals surface area contributed by atoms with Gasteiger partial charge in [-0.2, -0.15) is 0 Å². The molecule has 0 saturated heterocycles. The highest BCUT2D eigenvalue weighted by Gasteiger charge is 2.14. The third-order valence-electron chi connectivity index (χ3n) is 3.88. The van der Waals surface area contributed by atoms with Gasteiger partial charge in [0.25, 0.3) is 0 Å². The van der Waals surface area contributed by atoms with Crippen LogP contribution in [0.3, 0.4) is 0 Å². The summed E-state index contributed by atoms with van der Waals surface area (Å²) in [6.07, 6.45) is 8.10. The van der Waals surface area contributed by atoms with E-state index in [1.54, 1.807) is 0 Å². The predicted molar refractivity (Wildman–Crippen MR) is 80.4 cm³/mol. The van der Waals surface area contributed by atoms with Crippen LogP contribution in [-0.4, -0.2) is 31.6 Å². The number of benzene rings is 1. The molecule has 0 amide bonds. The normalized spacial score (nSPS) is 16.4. The molecule has 0 atom stereocenters. The van der Waals surface area contributed by atoms with Crippen LogP contribution >= 0.6 is 0 Å². The van der Waals surface area contributed by atoms with Crippen LogP contribution in [0, 0.1) is 0 Å². The Morgan fingerprint density at radius 2 is 1.68 bits per heavy atom. The molecule has 0 aromatic heterocycles. The van der Waals surface area contributed by atoms with Crippen molar-refractivity contribution in [1.29, 1.82) is 0 Å². The average Bonchev–Trinajstić information content (AvgIpc) is 2.90. The Morgan fingerprint density at radius 3 is 2.32 bits per heavy atom. The summed E-state index contributed by atoms with van der Waals surface area (Å²) in [6.45, 7) is 1.94. The van der Waals surface area contributed by atoms with Crippen molar-refractivity contribution in [3.8, 4) is 0 Å². The molecule has 1 aliphatic rings. The third kappa shape index (κ3) is 5.33. The smallest absolute Gasteiger partial charge is 0.0720 e. The molecule has 0 aliphatic heterocycles. The van der Waals surface area contributed by atoms with Gasteiger partial charge in [0.15, 0.2) is 0 Å². The van der Waals surface area contributed by atoms with E-state index in [4.69, 9.17) is 4.74 Å². The van der Waals surface area contributed by atoms with Crippen LogP contribution in [0.4, 0.5) is 0 Å². The van der Waals surface area contributed by atoms with E-state index < -0.39 is 0 Å². The van der Waals surface area contributed by atoms with Crippen molar-refractivity contribution in [2.45, 2.75) is 51.2 Å². The third-order valence-corrected chi connectivity index (χ3v) is 3.88. The maximum Gasteiger partial charge on any atom is 0.0720 e. The quantitative estimate of drug-likeness (QED) is 0.743. The number of hydrogen-bond donors (Lipinski definition) is 0. The van der Waals surface area contributed by atoms with Gasteiger partial charge in [-0.05, 0) is 57.5 Å². The van der Waals surface area contributed by atoms with Crippen LogP contribution in [0.5, 0.6) is 0 Å². The van der Waals surface area contributed by atoms with Gasteiger partial charge < -0.3 is 9.64 Å². The van der Waals surface area contributed by atoms with Gasteiger partial charge >= 0.3 is 0 Å². The summed E-state index contributed by atoms with van der Waals surface area (Å²) < 4.78 is 5.93. The summed E-state index contributed by atoms with van der Waals surface area (Å²) in [7, 11) is 4.26. The molecule has 0 N–H and O–H groups in total. The molecule has 19 heavy (non-hydrogen) atoms. The lowest BCUT2D eigenvalue weighted by Gasteiger charge is -2.12. The summed E-state index contributed by atoms with van der Waals surface area (Å²) in [6, 6.07) is 8.95. The highest BCUT2D eigenvalue weighted by molar-refractivity contribution is 5.22. The van der Waals surface area contributed by atoms with Crippen LogP contribution in [0.15, 0.2) is 24.3 Å². The zero-order chi connectivity index (χ0) is 13.5. The molecule has 0 bridgehead atoms. The van der Waals surface area contributed by atoms with Crippen molar-refractivity contribution in [1.82, 2.24) is 4.90 Å². The first-order valence-electron chi connectivity index (χ1n) is 7.58. The van der Waals surface area contributed by atoms with Gasteiger partial charge in [0.1, 0.15) is 0 Å². The Bertz CT molecular complexity index is 352. The number of aryl methyl sites for hydroxylation is 1. The molecule has 1 aromatic rings. The lowest BCUT2D eigenvalue weighted by atomic mass is 10.1. The number of hydrogen-bond acceptors (Lipinski definition) is 2. The zero-order valence-corrected chi connectivity index (χ0v) is 12.4. The van der Waals surface area contributed by atoms with E-state index in [9.17, 15) is 0 Å². The van der Waals surface area contributed by atoms with Gasteiger partial charge in [-0.3, -0.25) is 0 Å². The minimum absolute atomic E-state index is 0.514. The lowest BCUT2D eigenvalue weighted by Crippen LogP contribution is -2.13. The fraction of sp³-hybridized carbons (Fsp3) is 0.647. The van der Waals surface area contributed by atoms with Crippen molar-refractivity contribution in [3.63, 3.8) is 0 Å². The monoisotopic (exact) mass is 261 g/mol. The molecule has 0 spiro atoms. The van der Waals surface area contributed by atoms with Crippen molar-refractivity contribution >= 4 is 0 Å². The Hall–Kier alpha value is -0.860. The van der Waals surface area contributed by atoms with E-state index >= 15 is 0 Å². The Labute approximate surface area is 117 Å². The summed E-state index contributed by atoms with van der Waals surface area (Å²) >= 11 is 0. The van der Waals surface area contributed by atoms with Crippen molar-refractivity contribution in [3.05, 3.63) is 35.4 Å². The number of ether oxygens (including phenoxy) is 1. The molecule has 2 rings (SSSR count). The lowest BCUT2D eigenvalue weighted by molar-refractivity contribution is 0.0457. The van der Waals surface area contributed by atoms with Gasteiger partial charge in [0.05, 0.1) is 12.7 Å². The Balaban J connectivity index is 1.71. The Kier molecular flexibility index (Phi) is 5.87. The summed E-state index contributed by atoms with van der Waals surface area (Å²) in [5, 5.41) is 0. The molecule has 0 heterocycles. The van der Waals surface area contributed by atoms with E-state index in [1.807, 2.05) is 0 Å². The minimum Gasteiger partial charge on any atom is -0.374 e. The average molecular weight is 261 g/mol. The van der Waals surface area contributed by atoms with Crippen LogP contribution in [0.1, 0.15) is 43.2 Å². The van der Waals surface area contributed by atoms with E-state index in [2.05, 4.69) is 43.3 Å². The van der Waals surface area contributed by atoms with E-state index in [0.717, 1.165) is 13.2 Å². The summed E-state index contributed by atoms with van der Waals surface area (Å²) in [4.78, 5) is 2.24. The highest BCUT2D eigenvalue weighted by Crippen LogP contribution is 2.22. The zero-order valence-electron chi connectivity index (χ0n) is 12.4. The standard InChI is InChI=1S/C17H27NO/c1-18(2)13-5-6-15-9-11-16(12-10-15)14-19-17-7-3-4-8-17/h9-12,17H,3-8,13-14H2,1-2H3. The van der Waals surface area contributed by atoms with Gasteiger partial charge in [0.2, 0.25) is 0 Å². The van der Waals surface area contributed by atoms with E-state index in [1.165, 1.54) is 49.7 Å². The molecule has 1 aliphatic carbocycles. The van der Waals surface area contributed by atoms with Crippen LogP contribution in [0.25, 0.3) is 0 Å².